The van der Waals surface area contributed by atoms with Crippen molar-refractivity contribution >= 4 is 5.69 Å². The van der Waals surface area contributed by atoms with Gasteiger partial charge < -0.3 is 24.0 Å². The maximum atomic E-state index is 13.0. The molecule has 1 aliphatic heterocycles. The summed E-state index contributed by atoms with van der Waals surface area (Å²) in [6.07, 6.45) is -4.33. The number of halogens is 3. The van der Waals surface area contributed by atoms with Crippen molar-refractivity contribution < 1.29 is 32.3 Å². The lowest BCUT2D eigenvalue weighted by atomic mass is 10.1. The summed E-state index contributed by atoms with van der Waals surface area (Å²) >= 11 is 0. The first kappa shape index (κ1) is 21.1. The third-order valence-corrected chi connectivity index (χ3v) is 5.24. The summed E-state index contributed by atoms with van der Waals surface area (Å²) in [6.45, 7) is 3.74. The lowest BCUT2D eigenvalue weighted by Gasteiger charge is -2.34. The normalized spacial score (nSPS) is 15.3. The third kappa shape index (κ3) is 4.87. The van der Waals surface area contributed by atoms with Crippen LogP contribution in [0.3, 0.4) is 0 Å². The average Bonchev–Trinajstić information content (AvgIpc) is 2.73. The Hall–Kier alpha value is -2.61. The van der Waals surface area contributed by atoms with E-state index in [1.165, 1.54) is 17.0 Å². The molecular weight excluding hydrogens is 385 g/mol. The van der Waals surface area contributed by atoms with E-state index in [0.717, 1.165) is 37.0 Å². The van der Waals surface area contributed by atoms with Gasteiger partial charge in [0, 0.05) is 11.8 Å². The molecule has 8 heteroatoms. The zero-order chi connectivity index (χ0) is 21.0. The van der Waals surface area contributed by atoms with Crippen LogP contribution in [0.2, 0.25) is 0 Å². The highest BCUT2D eigenvalue weighted by molar-refractivity contribution is 5.51. The number of piperazine rings is 1. The van der Waals surface area contributed by atoms with E-state index < -0.39 is 11.7 Å². The number of hydrogen-bond acceptors (Lipinski definition) is 4. The van der Waals surface area contributed by atoms with Crippen molar-refractivity contribution in [3.05, 3.63) is 47.5 Å². The van der Waals surface area contributed by atoms with E-state index in [0.29, 0.717) is 30.3 Å². The number of quaternary nitrogens is 1. The van der Waals surface area contributed by atoms with Crippen molar-refractivity contribution in [1.82, 2.24) is 0 Å². The number of hydrogen-bond donors (Lipinski definition) is 1. The number of ether oxygens (including phenoxy) is 3. The Morgan fingerprint density at radius 2 is 1.52 bits per heavy atom. The summed E-state index contributed by atoms with van der Waals surface area (Å²) in [4.78, 5) is 3.34. The summed E-state index contributed by atoms with van der Waals surface area (Å²) in [5, 5.41) is 0. The van der Waals surface area contributed by atoms with Gasteiger partial charge in [-0.05, 0) is 24.3 Å². The van der Waals surface area contributed by atoms with Gasteiger partial charge in [-0.2, -0.15) is 13.2 Å². The van der Waals surface area contributed by atoms with Crippen molar-refractivity contribution in [2.24, 2.45) is 0 Å². The van der Waals surface area contributed by atoms with Gasteiger partial charge in [0.15, 0.2) is 11.5 Å². The molecule has 0 unspecified atom stereocenters. The van der Waals surface area contributed by atoms with Crippen molar-refractivity contribution in [3.63, 3.8) is 0 Å². The zero-order valence-electron chi connectivity index (χ0n) is 16.8. The SMILES string of the molecule is COc1cc(OC)c(OC)cc1C[NH+]1CCN(c2cccc(C(F)(F)F)c2)CC1. The van der Waals surface area contributed by atoms with Gasteiger partial charge in [0.05, 0.1) is 58.6 Å². The highest BCUT2D eigenvalue weighted by atomic mass is 19.4. The second-order valence-corrected chi connectivity index (χ2v) is 6.98. The summed E-state index contributed by atoms with van der Waals surface area (Å²) in [5.74, 6) is 1.98. The van der Waals surface area contributed by atoms with Crippen LogP contribution >= 0.6 is 0 Å². The molecule has 29 heavy (non-hydrogen) atoms. The minimum atomic E-state index is -4.33. The summed E-state index contributed by atoms with van der Waals surface area (Å²) in [7, 11) is 4.79. The van der Waals surface area contributed by atoms with Crippen LogP contribution < -0.4 is 24.0 Å². The topological polar surface area (TPSA) is 35.4 Å². The number of nitrogens with one attached hydrogen (secondary N) is 1. The van der Waals surface area contributed by atoms with Crippen LogP contribution in [0.5, 0.6) is 17.2 Å². The predicted octanol–water partition coefficient (Wildman–Crippen LogP) is 2.64. The number of nitrogens with zero attached hydrogens (tertiary/aromatic N) is 1. The van der Waals surface area contributed by atoms with Crippen LogP contribution in [0.4, 0.5) is 18.9 Å². The Morgan fingerprint density at radius 1 is 0.897 bits per heavy atom. The first-order valence-corrected chi connectivity index (χ1v) is 9.40. The summed E-state index contributed by atoms with van der Waals surface area (Å²) < 4.78 is 55.1. The number of benzene rings is 2. The number of methoxy groups -OCH3 is 3. The monoisotopic (exact) mass is 411 g/mol. The van der Waals surface area contributed by atoms with Crippen molar-refractivity contribution in [2.75, 3.05) is 52.4 Å². The lowest BCUT2D eigenvalue weighted by Crippen LogP contribution is -3.13. The standard InChI is InChI=1S/C21H25F3N2O3/c1-27-18-13-20(29-3)19(28-2)11-15(18)14-25-7-9-26(10-8-25)17-6-4-5-16(12-17)21(22,23)24/h4-6,11-13H,7-10,14H2,1-3H3/p+1. The summed E-state index contributed by atoms with van der Waals surface area (Å²) in [6, 6.07) is 9.26. The first-order chi connectivity index (χ1) is 13.9. The Morgan fingerprint density at radius 3 is 2.10 bits per heavy atom. The molecule has 0 spiro atoms. The molecule has 1 saturated heterocycles. The van der Waals surface area contributed by atoms with Gasteiger partial charge >= 0.3 is 6.18 Å². The van der Waals surface area contributed by atoms with Gasteiger partial charge in [-0.3, -0.25) is 0 Å². The van der Waals surface area contributed by atoms with E-state index in [4.69, 9.17) is 14.2 Å². The molecular formula is C21H26F3N2O3+. The highest BCUT2D eigenvalue weighted by Crippen LogP contribution is 2.34. The van der Waals surface area contributed by atoms with Gasteiger partial charge in [-0.1, -0.05) is 6.07 Å². The number of rotatable bonds is 6. The molecule has 0 atom stereocenters. The fourth-order valence-electron chi connectivity index (χ4n) is 3.64. The molecule has 0 saturated carbocycles. The summed E-state index contributed by atoms with van der Waals surface area (Å²) in [5.41, 5.74) is 1.01. The molecule has 1 aliphatic rings. The quantitative estimate of drug-likeness (QED) is 0.793. The average molecular weight is 411 g/mol. The molecule has 3 rings (SSSR count). The molecule has 1 fully saturated rings. The van der Waals surface area contributed by atoms with Crippen LogP contribution in [0.15, 0.2) is 36.4 Å². The largest absolute Gasteiger partial charge is 0.496 e. The molecule has 0 aromatic heterocycles. The Labute approximate surface area is 168 Å². The molecule has 0 amide bonds. The van der Waals surface area contributed by atoms with Crippen LogP contribution in [-0.2, 0) is 12.7 Å². The molecule has 1 N–H and O–H groups in total. The van der Waals surface area contributed by atoms with Gasteiger partial charge in [0.25, 0.3) is 0 Å². The zero-order valence-corrected chi connectivity index (χ0v) is 16.8. The molecule has 0 aliphatic carbocycles. The molecule has 0 radical (unpaired) electrons. The van der Waals surface area contributed by atoms with Gasteiger partial charge in [0.2, 0.25) is 0 Å². The van der Waals surface area contributed by atoms with Crippen LogP contribution in [0.1, 0.15) is 11.1 Å². The Kier molecular flexibility index (Phi) is 6.42. The maximum absolute atomic E-state index is 13.0. The Bertz CT molecular complexity index is 834. The first-order valence-electron chi connectivity index (χ1n) is 9.40. The predicted molar refractivity (Wildman–Crippen MR) is 104 cm³/mol. The maximum Gasteiger partial charge on any atom is 0.416 e. The second kappa shape index (κ2) is 8.82. The van der Waals surface area contributed by atoms with Gasteiger partial charge in [-0.15, -0.1) is 0 Å². The third-order valence-electron chi connectivity index (χ3n) is 5.24. The molecule has 0 bridgehead atoms. The smallest absolute Gasteiger partial charge is 0.416 e. The molecule has 5 nitrogen and oxygen atoms in total. The minimum Gasteiger partial charge on any atom is -0.496 e. The van der Waals surface area contributed by atoms with E-state index in [1.807, 2.05) is 17.0 Å². The van der Waals surface area contributed by atoms with Gasteiger partial charge in [-0.25, -0.2) is 0 Å². The van der Waals surface area contributed by atoms with Crippen LogP contribution in [0.25, 0.3) is 0 Å². The highest BCUT2D eigenvalue weighted by Gasteiger charge is 2.31. The lowest BCUT2D eigenvalue weighted by molar-refractivity contribution is -0.914. The Balaban J connectivity index is 1.68. The molecule has 1 heterocycles. The number of alkyl halides is 3. The fraction of sp³-hybridized carbons (Fsp3) is 0.429. The van der Waals surface area contributed by atoms with Crippen molar-refractivity contribution in [3.8, 4) is 17.2 Å². The van der Waals surface area contributed by atoms with E-state index in [-0.39, 0.29) is 0 Å². The fourth-order valence-corrected chi connectivity index (χ4v) is 3.64. The minimum absolute atomic E-state index is 0.609. The number of anilines is 1. The second-order valence-electron chi connectivity index (χ2n) is 6.98. The van der Waals surface area contributed by atoms with E-state index >= 15 is 0 Å². The van der Waals surface area contributed by atoms with Crippen LogP contribution in [0, 0.1) is 0 Å². The molecule has 2 aromatic rings. The molecule has 158 valence electrons. The van der Waals surface area contributed by atoms with Crippen molar-refractivity contribution in [1.29, 1.82) is 0 Å². The molecule has 2 aromatic carbocycles. The van der Waals surface area contributed by atoms with E-state index in [9.17, 15) is 13.2 Å². The van der Waals surface area contributed by atoms with E-state index in [2.05, 4.69) is 0 Å². The van der Waals surface area contributed by atoms with Gasteiger partial charge in [0.1, 0.15) is 12.3 Å². The van der Waals surface area contributed by atoms with E-state index in [1.54, 1.807) is 27.4 Å². The van der Waals surface area contributed by atoms with Crippen molar-refractivity contribution in [2.45, 2.75) is 12.7 Å². The van der Waals surface area contributed by atoms with Crippen LogP contribution in [-0.4, -0.2) is 47.5 Å².